The van der Waals surface area contributed by atoms with Gasteiger partial charge in [0.1, 0.15) is 29.7 Å². The molecule has 5 N–H and O–H groups in total. The van der Waals surface area contributed by atoms with Gasteiger partial charge >= 0.3 is 58.0 Å². The summed E-state index contributed by atoms with van der Waals surface area (Å²) in [4.78, 5) is 20.5. The van der Waals surface area contributed by atoms with Crippen LogP contribution in [-0.2, 0) is 108 Å². The van der Waals surface area contributed by atoms with Crippen LogP contribution in [0.4, 0.5) is 0 Å². The molecule has 0 radical (unpaired) electrons. The molecule has 0 aliphatic carbocycles. The van der Waals surface area contributed by atoms with Gasteiger partial charge in [-0.25, -0.2) is 33.9 Å². The van der Waals surface area contributed by atoms with Gasteiger partial charge in [0.25, 0.3) is 0 Å². The predicted molar refractivity (Wildman–Crippen MR) is 192 cm³/mol. The highest BCUT2D eigenvalue weighted by Gasteiger charge is 2.09. The second-order valence-corrected chi connectivity index (χ2v) is 18.6. The Morgan fingerprint density at radius 2 is 0.891 bits per heavy atom. The molecule has 1 atom stereocenters. The van der Waals surface area contributed by atoms with E-state index in [9.17, 15) is 64.3 Å². The standard InChI is InChI=1S/C6H13NO4S.C4H8O6S.C4H8O5S.C3H8O6S2.C3H8O5S2.CH4/c1-6(7(2)3)4-5-11-12(8,9)10;1-9-4(5)2-3-10-11(6,7)8;1-4(5)2-3-9-10(6,7)8;1-10(4,5)3-2-9-11(6,7)8;1-9(4)3-2-8-10(5,6)7;/h4-5H2,1-3H3;2-3H2,1H3,(H,6,7,8);2-3H2,1H3,(H,6,7,8);2-3H2,1H3,(H,6,7,8);2-3H2,1H3,(H,5,6,7);1H4/p+1. The lowest BCUT2D eigenvalue weighted by molar-refractivity contribution is -0.466. The monoisotopic (exact) mass is 956 g/mol. The minimum atomic E-state index is -4.51. The Hall–Kier alpha value is -1.74. The van der Waals surface area contributed by atoms with Gasteiger partial charge in [-0.3, -0.25) is 36.6 Å². The van der Waals surface area contributed by atoms with E-state index in [1.807, 2.05) is 25.6 Å². The first-order valence-electron chi connectivity index (χ1n) is 13.4. The molecule has 27 nitrogen and oxygen atoms in total. The fraction of sp³-hybridized carbons (Fsp3) is 0.857. The molecule has 0 rings (SSSR count). The average Bonchev–Trinajstić information content (AvgIpc) is 2.89. The zero-order valence-electron chi connectivity index (χ0n) is 29.7. The van der Waals surface area contributed by atoms with Crippen molar-refractivity contribution in [2.75, 3.05) is 78.3 Å². The Bertz CT molecular complexity index is 1730. The Labute approximate surface area is 324 Å². The summed E-state index contributed by atoms with van der Waals surface area (Å²) in [7, 11) is -21.4. The van der Waals surface area contributed by atoms with Crippen LogP contribution in [-0.4, -0.2) is 178 Å². The molecule has 0 aromatic heterocycles. The topological polar surface area (TPSA) is 416 Å². The molecule has 0 aromatic rings. The number of hydrogen-bond acceptors (Lipinski definition) is 21. The Balaban J connectivity index is -0.000000136. The fourth-order valence-corrected chi connectivity index (χ4v) is 4.07. The Kier molecular flexibility index (Phi) is 38.2. The van der Waals surface area contributed by atoms with Crippen molar-refractivity contribution >= 4 is 90.1 Å². The molecule has 55 heavy (non-hydrogen) atoms. The van der Waals surface area contributed by atoms with Crippen LogP contribution in [0.1, 0.15) is 40.5 Å². The highest BCUT2D eigenvalue weighted by molar-refractivity contribution is 7.90. The fourth-order valence-electron chi connectivity index (χ4n) is 1.69. The molecule has 0 aliphatic rings. The highest BCUT2D eigenvalue weighted by atomic mass is 32.3. The van der Waals surface area contributed by atoms with Gasteiger partial charge in [0, 0.05) is 42.4 Å². The van der Waals surface area contributed by atoms with Crippen molar-refractivity contribution in [2.45, 2.75) is 40.5 Å². The van der Waals surface area contributed by atoms with Crippen molar-refractivity contribution in [2.24, 2.45) is 0 Å². The molecule has 0 bridgehead atoms. The SMILES string of the molecule is C.CC(=O)CCOS(=O)(=O)O.CC(CCOS(=O)(=O)O)=[N+](C)C.COC(=O)CCOS(=O)(=O)O.CS(=O)(=O)CCOS(=O)(=O)O.CS(=O)CCOS(=O)(=O)O. The van der Waals surface area contributed by atoms with E-state index >= 15 is 0 Å². The number of ketones is 1. The average molecular weight is 957 g/mol. The number of methoxy groups -OCH3 is 1. The van der Waals surface area contributed by atoms with E-state index in [1.54, 1.807) is 0 Å². The van der Waals surface area contributed by atoms with Gasteiger partial charge in [-0.05, 0) is 6.92 Å². The van der Waals surface area contributed by atoms with Gasteiger partial charge in [0.2, 0.25) is 0 Å². The molecule has 0 spiro atoms. The zero-order valence-corrected chi connectivity index (χ0v) is 35.4. The number of carbonyl (C=O) groups is 2. The summed E-state index contributed by atoms with van der Waals surface area (Å²) in [5.74, 6) is -1.13. The number of Topliss-reactive ketones (excluding diaryl/α,β-unsaturated/α-hetero) is 1. The molecule has 0 heterocycles. The maximum absolute atomic E-state index is 10.4. The van der Waals surface area contributed by atoms with Crippen LogP contribution in [0.15, 0.2) is 0 Å². The summed E-state index contributed by atoms with van der Waals surface area (Å²) in [6, 6.07) is 0. The van der Waals surface area contributed by atoms with Gasteiger partial charge in [-0.1, -0.05) is 7.43 Å². The number of nitrogens with zero attached hydrogens (tertiary/aromatic N) is 1. The zero-order chi connectivity index (χ0) is 44.2. The molecular formula is C21H50NO26S7+. The van der Waals surface area contributed by atoms with Crippen LogP contribution in [0.2, 0.25) is 0 Å². The van der Waals surface area contributed by atoms with E-state index in [2.05, 4.69) is 25.7 Å². The molecule has 336 valence electrons. The summed E-state index contributed by atoms with van der Waals surface area (Å²) < 4.78 is 196. The van der Waals surface area contributed by atoms with Crippen LogP contribution < -0.4 is 0 Å². The van der Waals surface area contributed by atoms with Gasteiger partial charge in [0.05, 0.1) is 58.7 Å². The van der Waals surface area contributed by atoms with Crippen LogP contribution in [0, 0.1) is 0 Å². The third kappa shape index (κ3) is 81.4. The lowest BCUT2D eigenvalue weighted by Gasteiger charge is -1.98. The van der Waals surface area contributed by atoms with Crippen molar-refractivity contribution in [3.63, 3.8) is 0 Å². The van der Waals surface area contributed by atoms with E-state index in [-0.39, 0.29) is 51.6 Å². The van der Waals surface area contributed by atoms with Gasteiger partial charge in [-0.15, -0.1) is 0 Å². The third-order valence-corrected chi connectivity index (χ3v) is 8.17. The molecule has 0 saturated heterocycles. The first kappa shape index (κ1) is 65.1. The van der Waals surface area contributed by atoms with Crippen molar-refractivity contribution < 1.29 is 117 Å². The second kappa shape index (κ2) is 32.2. The molecule has 0 aromatic carbocycles. The van der Waals surface area contributed by atoms with Gasteiger partial charge in [-0.2, -0.15) is 42.1 Å². The summed E-state index contributed by atoms with van der Waals surface area (Å²) in [6.45, 7) is 1.61. The van der Waals surface area contributed by atoms with E-state index < -0.39 is 97.6 Å². The van der Waals surface area contributed by atoms with Crippen LogP contribution >= 0.6 is 0 Å². The lowest BCUT2D eigenvalue weighted by Crippen LogP contribution is -2.14. The number of hydrogen-bond donors (Lipinski definition) is 5. The molecule has 34 heteroatoms. The number of rotatable bonds is 20. The van der Waals surface area contributed by atoms with Crippen LogP contribution in [0.3, 0.4) is 0 Å². The number of esters is 1. The minimum absolute atomic E-state index is 0. The van der Waals surface area contributed by atoms with E-state index in [0.717, 1.165) is 19.1 Å². The molecule has 0 fully saturated rings. The van der Waals surface area contributed by atoms with Crippen molar-refractivity contribution in [1.29, 1.82) is 0 Å². The van der Waals surface area contributed by atoms with Gasteiger partial charge < -0.3 is 4.74 Å². The van der Waals surface area contributed by atoms with Crippen molar-refractivity contribution in [3.05, 3.63) is 0 Å². The number of sulfone groups is 1. The maximum Gasteiger partial charge on any atom is 0.397 e. The van der Waals surface area contributed by atoms with Gasteiger partial charge in [0.15, 0.2) is 5.71 Å². The quantitative estimate of drug-likeness (QED) is 0.0372. The first-order chi connectivity index (χ1) is 23.8. The molecular weight excluding hydrogens is 907 g/mol. The predicted octanol–water partition coefficient (Wildman–Crippen LogP) is -2.25. The van der Waals surface area contributed by atoms with E-state index in [4.69, 9.17) is 22.8 Å². The van der Waals surface area contributed by atoms with E-state index in [0.29, 0.717) is 6.42 Å². The summed E-state index contributed by atoms with van der Waals surface area (Å²) in [6.07, 6.45) is 2.59. The molecule has 1 unspecified atom stereocenters. The third-order valence-electron chi connectivity index (χ3n) is 4.20. The van der Waals surface area contributed by atoms with Crippen LogP contribution in [0.5, 0.6) is 0 Å². The largest absolute Gasteiger partial charge is 0.469 e. The van der Waals surface area contributed by atoms with E-state index in [1.165, 1.54) is 13.2 Å². The Morgan fingerprint density at radius 3 is 1.16 bits per heavy atom. The summed E-state index contributed by atoms with van der Waals surface area (Å²) in [5.41, 5.74) is 0.985. The maximum atomic E-state index is 10.4. The number of ether oxygens (including phenoxy) is 1. The lowest BCUT2D eigenvalue weighted by atomic mass is 10.3. The second-order valence-electron chi connectivity index (χ2n) is 9.31. The minimum Gasteiger partial charge on any atom is -0.469 e. The molecule has 0 amide bonds. The van der Waals surface area contributed by atoms with Crippen molar-refractivity contribution in [1.82, 2.24) is 0 Å². The van der Waals surface area contributed by atoms with Crippen LogP contribution in [0.25, 0.3) is 0 Å². The normalized spacial score (nSPS) is 12.1. The summed E-state index contributed by atoms with van der Waals surface area (Å²) >= 11 is 0. The highest BCUT2D eigenvalue weighted by Crippen LogP contribution is 1.93. The first-order valence-corrected chi connectivity index (χ1v) is 24.1. The Morgan fingerprint density at radius 1 is 0.582 bits per heavy atom. The molecule has 0 saturated carbocycles. The number of carbonyl (C=O) groups excluding carboxylic acids is 2. The summed E-state index contributed by atoms with van der Waals surface area (Å²) in [5, 5.41) is 0. The molecule has 0 aliphatic heterocycles. The smallest absolute Gasteiger partial charge is 0.397 e. The van der Waals surface area contributed by atoms with Crippen molar-refractivity contribution in [3.8, 4) is 0 Å².